The van der Waals surface area contributed by atoms with Gasteiger partial charge in [-0.25, -0.2) is 9.97 Å². The van der Waals surface area contributed by atoms with Crippen LogP contribution in [0.2, 0.25) is 0 Å². The number of pyridine rings is 1. The van der Waals surface area contributed by atoms with Crippen molar-refractivity contribution in [2.75, 3.05) is 31.4 Å². The summed E-state index contributed by atoms with van der Waals surface area (Å²) in [5.74, 6) is 1.28. The monoisotopic (exact) mass is 600 g/mol. The number of rotatable bonds is 10. The van der Waals surface area contributed by atoms with E-state index in [0.717, 1.165) is 22.3 Å². The number of nitrogens with zero attached hydrogens (tertiary/aromatic N) is 4. The number of thiazole rings is 1. The Morgan fingerprint density at radius 1 is 1.12 bits per heavy atom. The topological polar surface area (TPSA) is 148 Å². The number of ether oxygens (including phenoxy) is 4. The second kappa shape index (κ2) is 12.7. The van der Waals surface area contributed by atoms with Gasteiger partial charge < -0.3 is 30.0 Å². The first-order valence-electron chi connectivity index (χ1n) is 13.0. The zero-order valence-corrected chi connectivity index (χ0v) is 24.8. The molecule has 0 amide bonds. The largest absolute Gasteiger partial charge is 0.497 e. The minimum Gasteiger partial charge on any atom is -0.497 e. The third kappa shape index (κ3) is 6.75. The number of nitrogens with two attached hydrogens (primary N) is 1. The number of thioether (sulfide) groups is 1. The first-order valence-corrected chi connectivity index (χ1v) is 14.8. The third-order valence-corrected chi connectivity index (χ3v) is 8.11. The van der Waals surface area contributed by atoms with Crippen LogP contribution in [0.25, 0.3) is 11.1 Å². The highest BCUT2D eigenvalue weighted by atomic mass is 32.2. The lowest BCUT2D eigenvalue weighted by atomic mass is 9.97. The van der Waals surface area contributed by atoms with E-state index in [-0.39, 0.29) is 23.0 Å². The molecule has 12 heteroatoms. The molecule has 0 saturated carbocycles. The van der Waals surface area contributed by atoms with Gasteiger partial charge in [0.15, 0.2) is 10.9 Å². The zero-order chi connectivity index (χ0) is 29.7. The van der Waals surface area contributed by atoms with Crippen molar-refractivity contribution >= 4 is 39.7 Å². The lowest BCUT2D eigenvalue weighted by Crippen LogP contribution is -2.25. The molecule has 0 unspecified atom stereocenters. The molecule has 5 rings (SSSR count). The predicted octanol–water partition coefficient (Wildman–Crippen LogP) is 6.11. The summed E-state index contributed by atoms with van der Waals surface area (Å²) in [4.78, 5) is 9.06. The molecule has 1 atom stereocenters. The van der Waals surface area contributed by atoms with Gasteiger partial charge in [-0.3, -0.25) is 0 Å². The Balaban J connectivity index is 1.31. The number of hydrogen-bond acceptors (Lipinski definition) is 12. The number of methoxy groups -OCH3 is 1. The van der Waals surface area contributed by atoms with E-state index >= 15 is 0 Å². The van der Waals surface area contributed by atoms with Crippen LogP contribution in [0.3, 0.4) is 0 Å². The zero-order valence-electron chi connectivity index (χ0n) is 23.2. The van der Waals surface area contributed by atoms with Crippen LogP contribution in [-0.4, -0.2) is 42.2 Å². The van der Waals surface area contributed by atoms with E-state index in [0.29, 0.717) is 40.9 Å². The lowest BCUT2D eigenvalue weighted by molar-refractivity contribution is -0.141. The number of nitrogens with one attached hydrogen (secondary N) is 1. The molecule has 10 nitrogen and oxygen atoms in total. The fourth-order valence-electron chi connectivity index (χ4n) is 4.34. The van der Waals surface area contributed by atoms with Gasteiger partial charge in [0.1, 0.15) is 52.8 Å². The van der Waals surface area contributed by atoms with Gasteiger partial charge in [-0.1, -0.05) is 30.0 Å². The van der Waals surface area contributed by atoms with Gasteiger partial charge in [0.25, 0.3) is 0 Å². The van der Waals surface area contributed by atoms with E-state index in [2.05, 4.69) is 27.4 Å². The van der Waals surface area contributed by atoms with E-state index in [4.69, 9.17) is 24.7 Å². The molecule has 0 spiro atoms. The maximum absolute atomic E-state index is 10.1. The summed E-state index contributed by atoms with van der Waals surface area (Å²) in [6, 6.07) is 19.1. The number of anilines is 3. The summed E-state index contributed by atoms with van der Waals surface area (Å²) in [6.07, 6.45) is -0.166. The van der Waals surface area contributed by atoms with Crippen molar-refractivity contribution in [3.8, 4) is 34.8 Å². The number of benzene rings is 2. The summed E-state index contributed by atoms with van der Waals surface area (Å²) in [5, 5.41) is 26.4. The highest BCUT2D eigenvalue weighted by Gasteiger charge is 2.33. The molecule has 214 valence electrons. The standard InChI is InChI=1S/C30H28N6O4S2/c1-30(2)39-15-23(40-30)14-38-21-9-7-18(8-10-21)26-24(12-31)27(33)36-28(25(26)13-32)41-16-20-17-42-29(35-20)34-19-5-4-6-22(11-19)37-3/h4-11,17,23H,14-16H2,1-3H3,(H2,33,36)(H,34,35)/t23-/m1/s1. The Morgan fingerprint density at radius 2 is 1.90 bits per heavy atom. The summed E-state index contributed by atoms with van der Waals surface area (Å²) < 4.78 is 22.5. The number of nitriles is 2. The van der Waals surface area contributed by atoms with Crippen LogP contribution >= 0.6 is 23.1 Å². The van der Waals surface area contributed by atoms with Crippen molar-refractivity contribution in [1.82, 2.24) is 9.97 Å². The summed E-state index contributed by atoms with van der Waals surface area (Å²) in [5.41, 5.74) is 9.41. The van der Waals surface area contributed by atoms with Crippen molar-refractivity contribution in [3.63, 3.8) is 0 Å². The molecule has 0 aliphatic carbocycles. The van der Waals surface area contributed by atoms with Crippen LogP contribution in [-0.2, 0) is 15.2 Å². The molecule has 0 radical (unpaired) electrons. The maximum atomic E-state index is 10.1. The lowest BCUT2D eigenvalue weighted by Gasteiger charge is -2.17. The third-order valence-electron chi connectivity index (χ3n) is 6.29. The van der Waals surface area contributed by atoms with Gasteiger partial charge >= 0.3 is 0 Å². The average molecular weight is 601 g/mol. The van der Waals surface area contributed by atoms with Crippen LogP contribution in [0.1, 0.15) is 30.7 Å². The van der Waals surface area contributed by atoms with Gasteiger partial charge in [-0.15, -0.1) is 11.3 Å². The van der Waals surface area contributed by atoms with E-state index in [9.17, 15) is 10.5 Å². The second-order valence-electron chi connectivity index (χ2n) is 9.73. The Labute approximate surface area is 252 Å². The highest BCUT2D eigenvalue weighted by Crippen LogP contribution is 2.37. The fourth-order valence-corrected chi connectivity index (χ4v) is 6.06. The van der Waals surface area contributed by atoms with Crippen LogP contribution < -0.4 is 20.5 Å². The SMILES string of the molecule is COc1cccc(Nc2nc(CSc3nc(N)c(C#N)c(-c4ccc(OC[C@@H]5COC(C)(C)O5)cc4)c3C#N)cs2)c1. The second-order valence-corrected chi connectivity index (χ2v) is 11.5. The van der Waals surface area contributed by atoms with Crippen LogP contribution in [0, 0.1) is 22.7 Å². The minimum atomic E-state index is -0.619. The Morgan fingerprint density at radius 3 is 2.60 bits per heavy atom. The van der Waals surface area contributed by atoms with Crippen molar-refractivity contribution in [1.29, 1.82) is 10.5 Å². The average Bonchev–Trinajstić information content (AvgIpc) is 3.59. The Bertz CT molecular complexity index is 1660. The molecule has 2 aromatic carbocycles. The molecule has 1 saturated heterocycles. The van der Waals surface area contributed by atoms with Gasteiger partial charge in [-0.2, -0.15) is 10.5 Å². The van der Waals surface area contributed by atoms with Gasteiger partial charge in [-0.05, 0) is 43.7 Å². The highest BCUT2D eigenvalue weighted by molar-refractivity contribution is 7.98. The van der Waals surface area contributed by atoms with E-state index in [1.807, 2.05) is 43.5 Å². The van der Waals surface area contributed by atoms with E-state index in [1.165, 1.54) is 23.1 Å². The molecule has 42 heavy (non-hydrogen) atoms. The molecule has 1 aliphatic rings. The Hall–Kier alpha value is -4.33. The molecule has 2 aromatic heterocycles. The van der Waals surface area contributed by atoms with Gasteiger partial charge in [0, 0.05) is 28.5 Å². The number of nitrogen functional groups attached to an aromatic ring is 1. The molecule has 0 bridgehead atoms. The fraction of sp³-hybridized carbons (Fsp3) is 0.267. The predicted molar refractivity (Wildman–Crippen MR) is 162 cm³/mol. The molecule has 3 heterocycles. The first-order chi connectivity index (χ1) is 20.3. The number of hydrogen-bond donors (Lipinski definition) is 2. The molecule has 4 aromatic rings. The van der Waals surface area contributed by atoms with Crippen LogP contribution in [0.15, 0.2) is 58.9 Å². The van der Waals surface area contributed by atoms with Crippen molar-refractivity contribution < 1.29 is 18.9 Å². The smallest absolute Gasteiger partial charge is 0.187 e. The van der Waals surface area contributed by atoms with E-state index in [1.54, 1.807) is 31.4 Å². The summed E-state index contributed by atoms with van der Waals surface area (Å²) in [6.45, 7) is 4.53. The molecule has 3 N–H and O–H groups in total. The number of aromatic nitrogens is 2. The quantitative estimate of drug-likeness (QED) is 0.203. The molecular weight excluding hydrogens is 573 g/mol. The van der Waals surface area contributed by atoms with Crippen molar-refractivity contribution in [2.45, 2.75) is 36.5 Å². The molecular formula is C30H28N6O4S2. The van der Waals surface area contributed by atoms with Crippen molar-refractivity contribution in [3.05, 3.63) is 70.7 Å². The molecule has 1 fully saturated rings. The van der Waals surface area contributed by atoms with Crippen LogP contribution in [0.4, 0.5) is 16.6 Å². The normalized spacial score (nSPS) is 15.5. The van der Waals surface area contributed by atoms with E-state index < -0.39 is 5.79 Å². The van der Waals surface area contributed by atoms with Gasteiger partial charge in [0.05, 0.1) is 25.0 Å². The summed E-state index contributed by atoms with van der Waals surface area (Å²) >= 11 is 2.81. The summed E-state index contributed by atoms with van der Waals surface area (Å²) in [7, 11) is 1.62. The first kappa shape index (κ1) is 29.2. The van der Waals surface area contributed by atoms with Gasteiger partial charge in [0.2, 0.25) is 0 Å². The maximum Gasteiger partial charge on any atom is 0.187 e. The Kier molecular flexibility index (Phi) is 8.80. The van der Waals surface area contributed by atoms with Crippen LogP contribution in [0.5, 0.6) is 11.5 Å². The molecule has 1 aliphatic heterocycles. The minimum absolute atomic E-state index is 0.0639. The van der Waals surface area contributed by atoms with Crippen molar-refractivity contribution in [2.24, 2.45) is 0 Å².